The van der Waals surface area contributed by atoms with Crippen molar-refractivity contribution in [2.24, 2.45) is 0 Å². The Kier molecular flexibility index (Phi) is 5.59. The van der Waals surface area contributed by atoms with Gasteiger partial charge in [0.05, 0.1) is 0 Å². The Labute approximate surface area is 107 Å². The summed E-state index contributed by atoms with van der Waals surface area (Å²) in [5.41, 5.74) is 1.06. The van der Waals surface area contributed by atoms with E-state index in [0.29, 0.717) is 9.90 Å². The lowest BCUT2D eigenvalue weighted by Gasteiger charge is -2.17. The van der Waals surface area contributed by atoms with Gasteiger partial charge in [0.25, 0.3) is 0 Å². The Balaban J connectivity index is 2.19. The molecule has 16 heavy (non-hydrogen) atoms. The van der Waals surface area contributed by atoms with Crippen LogP contribution in [0.1, 0.15) is 26.3 Å². The molecule has 1 aromatic heterocycles. The molecule has 0 aromatic carbocycles. The number of nitrogens with one attached hydrogen (secondary N) is 1. The number of pyridine rings is 1. The topological polar surface area (TPSA) is 24.9 Å². The summed E-state index contributed by atoms with van der Waals surface area (Å²) < 4.78 is 0.341. The van der Waals surface area contributed by atoms with Crippen LogP contribution in [0.5, 0.6) is 0 Å². The minimum absolute atomic E-state index is 0.341. The van der Waals surface area contributed by atoms with E-state index in [9.17, 15) is 0 Å². The fraction of sp³-hybridized carbons (Fsp3) is 0.583. The van der Waals surface area contributed by atoms with Crippen LogP contribution < -0.4 is 5.32 Å². The second kappa shape index (κ2) is 6.48. The van der Waals surface area contributed by atoms with Gasteiger partial charge in [0.15, 0.2) is 0 Å². The number of halogens is 1. The quantitative estimate of drug-likeness (QED) is 0.648. The molecule has 0 aliphatic heterocycles. The smallest absolute Gasteiger partial charge is 0.133 e. The SMILES string of the molecule is CC(C)(C)SCCNCc1cccnc1Cl. The zero-order chi connectivity index (χ0) is 12.0. The normalized spacial score (nSPS) is 11.8. The van der Waals surface area contributed by atoms with Crippen molar-refractivity contribution in [1.82, 2.24) is 10.3 Å². The lowest BCUT2D eigenvalue weighted by Crippen LogP contribution is -2.19. The van der Waals surface area contributed by atoms with Crippen LogP contribution in [0.15, 0.2) is 18.3 Å². The van der Waals surface area contributed by atoms with E-state index in [1.807, 2.05) is 23.9 Å². The molecule has 0 fully saturated rings. The summed E-state index contributed by atoms with van der Waals surface area (Å²) in [4.78, 5) is 4.04. The molecule has 0 bridgehead atoms. The average Bonchev–Trinajstić information content (AvgIpc) is 2.18. The summed E-state index contributed by atoms with van der Waals surface area (Å²) in [7, 11) is 0. The second-order valence-electron chi connectivity index (χ2n) is 4.59. The Morgan fingerprint density at radius 3 is 2.81 bits per heavy atom. The summed E-state index contributed by atoms with van der Waals surface area (Å²) in [6.07, 6.45) is 1.71. The van der Waals surface area contributed by atoms with Crippen molar-refractivity contribution < 1.29 is 0 Å². The molecule has 0 saturated heterocycles. The van der Waals surface area contributed by atoms with Gasteiger partial charge in [-0.25, -0.2) is 4.98 Å². The van der Waals surface area contributed by atoms with Gasteiger partial charge in [-0.1, -0.05) is 38.4 Å². The van der Waals surface area contributed by atoms with Crippen LogP contribution in [0.3, 0.4) is 0 Å². The lowest BCUT2D eigenvalue weighted by atomic mass is 10.3. The van der Waals surface area contributed by atoms with Crippen LogP contribution in [0.4, 0.5) is 0 Å². The molecule has 90 valence electrons. The van der Waals surface area contributed by atoms with E-state index in [1.165, 1.54) is 0 Å². The van der Waals surface area contributed by atoms with Gasteiger partial charge in [-0.2, -0.15) is 11.8 Å². The molecule has 0 atom stereocenters. The first kappa shape index (κ1) is 13.8. The summed E-state index contributed by atoms with van der Waals surface area (Å²) in [5.74, 6) is 1.11. The van der Waals surface area contributed by atoms with Crippen LogP contribution in [0.25, 0.3) is 0 Å². The Morgan fingerprint density at radius 1 is 1.44 bits per heavy atom. The highest BCUT2D eigenvalue weighted by molar-refractivity contribution is 8.00. The molecule has 0 unspecified atom stereocenters. The third-order valence-electron chi connectivity index (χ3n) is 1.97. The minimum atomic E-state index is 0.341. The molecule has 0 saturated carbocycles. The third kappa shape index (κ3) is 5.73. The number of thioether (sulfide) groups is 1. The van der Waals surface area contributed by atoms with Crippen molar-refractivity contribution in [1.29, 1.82) is 0 Å². The third-order valence-corrected chi connectivity index (χ3v) is 3.58. The van der Waals surface area contributed by atoms with Crippen molar-refractivity contribution in [3.63, 3.8) is 0 Å². The van der Waals surface area contributed by atoms with Crippen LogP contribution in [0.2, 0.25) is 5.15 Å². The van der Waals surface area contributed by atoms with E-state index < -0.39 is 0 Å². The molecule has 1 aromatic rings. The standard InChI is InChI=1S/C12H19ClN2S/c1-12(2,3)16-8-7-14-9-10-5-4-6-15-11(10)13/h4-6,14H,7-9H2,1-3H3. The first-order chi connectivity index (χ1) is 7.49. The highest BCUT2D eigenvalue weighted by atomic mass is 35.5. The molecule has 0 spiro atoms. The second-order valence-corrected chi connectivity index (χ2v) is 6.87. The molecule has 0 aliphatic carbocycles. The molecule has 1 rings (SSSR count). The van der Waals surface area contributed by atoms with Crippen molar-refractivity contribution in [2.75, 3.05) is 12.3 Å². The van der Waals surface area contributed by atoms with Crippen LogP contribution >= 0.6 is 23.4 Å². The van der Waals surface area contributed by atoms with Gasteiger partial charge in [0.1, 0.15) is 5.15 Å². The zero-order valence-corrected chi connectivity index (χ0v) is 11.7. The fourth-order valence-corrected chi connectivity index (χ4v) is 2.25. The van der Waals surface area contributed by atoms with Crippen molar-refractivity contribution in [2.45, 2.75) is 32.1 Å². The van der Waals surface area contributed by atoms with Crippen molar-refractivity contribution >= 4 is 23.4 Å². The van der Waals surface area contributed by atoms with Crippen molar-refractivity contribution in [3.8, 4) is 0 Å². The molecule has 0 aliphatic rings. The van der Waals surface area contributed by atoms with E-state index >= 15 is 0 Å². The molecular formula is C12H19ClN2S. The first-order valence-electron chi connectivity index (χ1n) is 5.43. The fourth-order valence-electron chi connectivity index (χ4n) is 1.20. The summed E-state index contributed by atoms with van der Waals surface area (Å²) >= 11 is 7.92. The molecule has 0 amide bonds. The maximum atomic E-state index is 5.95. The summed E-state index contributed by atoms with van der Waals surface area (Å²) in [6, 6.07) is 3.91. The first-order valence-corrected chi connectivity index (χ1v) is 6.79. The Hall–Kier alpha value is -0.250. The monoisotopic (exact) mass is 258 g/mol. The van der Waals surface area contributed by atoms with E-state index in [0.717, 1.165) is 24.4 Å². The molecule has 1 N–H and O–H groups in total. The van der Waals surface area contributed by atoms with Gasteiger partial charge in [-0.15, -0.1) is 0 Å². The predicted octanol–water partition coefficient (Wildman–Crippen LogP) is 3.36. The van der Waals surface area contributed by atoms with E-state index in [-0.39, 0.29) is 0 Å². The average molecular weight is 259 g/mol. The van der Waals surface area contributed by atoms with Gasteiger partial charge in [-0.05, 0) is 6.07 Å². The van der Waals surface area contributed by atoms with Gasteiger partial charge < -0.3 is 5.32 Å². The Bertz CT molecular complexity index is 323. The number of rotatable bonds is 5. The highest BCUT2D eigenvalue weighted by Gasteiger charge is 2.09. The van der Waals surface area contributed by atoms with E-state index in [4.69, 9.17) is 11.6 Å². The zero-order valence-electron chi connectivity index (χ0n) is 10.1. The molecule has 2 nitrogen and oxygen atoms in total. The van der Waals surface area contributed by atoms with Crippen LogP contribution in [-0.4, -0.2) is 22.0 Å². The molecule has 0 radical (unpaired) electrons. The largest absolute Gasteiger partial charge is 0.312 e. The molecule has 1 heterocycles. The number of hydrogen-bond donors (Lipinski definition) is 1. The van der Waals surface area contributed by atoms with Gasteiger partial charge in [0, 0.05) is 35.3 Å². The maximum absolute atomic E-state index is 5.95. The Morgan fingerprint density at radius 2 is 2.19 bits per heavy atom. The molecular weight excluding hydrogens is 240 g/mol. The van der Waals surface area contributed by atoms with Gasteiger partial charge in [0.2, 0.25) is 0 Å². The highest BCUT2D eigenvalue weighted by Crippen LogP contribution is 2.22. The van der Waals surface area contributed by atoms with Crippen LogP contribution in [0, 0.1) is 0 Å². The maximum Gasteiger partial charge on any atom is 0.133 e. The summed E-state index contributed by atoms with van der Waals surface area (Å²) in [6.45, 7) is 8.48. The number of aromatic nitrogens is 1. The van der Waals surface area contributed by atoms with Crippen molar-refractivity contribution in [3.05, 3.63) is 29.0 Å². The lowest BCUT2D eigenvalue weighted by molar-refractivity contribution is 0.724. The van der Waals surface area contributed by atoms with Crippen LogP contribution in [-0.2, 0) is 6.54 Å². The van der Waals surface area contributed by atoms with Gasteiger partial charge in [-0.3, -0.25) is 0 Å². The number of nitrogens with zero attached hydrogens (tertiary/aromatic N) is 1. The van der Waals surface area contributed by atoms with E-state index in [1.54, 1.807) is 6.20 Å². The van der Waals surface area contributed by atoms with E-state index in [2.05, 4.69) is 31.1 Å². The molecule has 4 heteroatoms. The predicted molar refractivity (Wildman–Crippen MR) is 73.2 cm³/mol. The minimum Gasteiger partial charge on any atom is -0.312 e. The number of hydrogen-bond acceptors (Lipinski definition) is 3. The summed E-state index contributed by atoms with van der Waals surface area (Å²) in [5, 5.41) is 3.97. The van der Waals surface area contributed by atoms with Gasteiger partial charge >= 0.3 is 0 Å².